The molecule has 213 valence electrons. The van der Waals surface area contributed by atoms with Gasteiger partial charge in [-0.2, -0.15) is 0 Å². The minimum atomic E-state index is 0. The molecule has 0 unspecified atom stereocenters. The molecule has 0 fully saturated rings. The van der Waals surface area contributed by atoms with Crippen LogP contribution in [0.4, 0.5) is 11.4 Å². The molecule has 8 heteroatoms. The molecule has 1 heterocycles. The van der Waals surface area contributed by atoms with Crippen molar-refractivity contribution < 1.29 is 54.3 Å². The maximum Gasteiger partial charge on any atom is 3.00 e. The number of halogens is 4. The van der Waals surface area contributed by atoms with Crippen molar-refractivity contribution in [2.45, 2.75) is 79.1 Å². The quantitative estimate of drug-likeness (QED) is 0.202. The first kappa shape index (κ1) is 39.8. The number of rotatable bonds is 12. The van der Waals surface area contributed by atoms with Gasteiger partial charge in [-0.25, -0.2) is 4.98 Å². The van der Waals surface area contributed by atoms with Gasteiger partial charge >= 0.3 is 17.1 Å². The molecule has 0 aliphatic carbocycles. The van der Waals surface area contributed by atoms with Crippen molar-refractivity contribution >= 4 is 35.4 Å². The molecule has 3 aromatic rings. The van der Waals surface area contributed by atoms with Crippen molar-refractivity contribution in [3.63, 3.8) is 0 Å². The molecule has 0 spiro atoms. The van der Waals surface area contributed by atoms with E-state index in [9.17, 15) is 0 Å². The largest absolute Gasteiger partial charge is 3.00 e. The predicted octanol–water partition coefficient (Wildman–Crippen LogP) is 0.0557. The first-order chi connectivity index (χ1) is 17.1. The Morgan fingerprint density at radius 1 is 0.615 bits per heavy atom. The van der Waals surface area contributed by atoms with E-state index >= 15 is 0 Å². The van der Waals surface area contributed by atoms with Gasteiger partial charge in [0.1, 0.15) is 0 Å². The Balaban J connectivity index is 0. The molecule has 0 atom stereocenters. The Morgan fingerprint density at radius 3 is 1.21 bits per heavy atom. The van der Waals surface area contributed by atoms with Crippen LogP contribution in [0.1, 0.15) is 87.0 Å². The molecule has 0 N–H and O–H groups in total. The molecule has 2 aromatic carbocycles. The molecule has 1 aromatic heterocycles. The summed E-state index contributed by atoms with van der Waals surface area (Å²) in [6.07, 6.45) is 12.1. The van der Waals surface area contributed by atoms with Gasteiger partial charge in [0.25, 0.3) is 0 Å². The fourth-order valence-corrected chi connectivity index (χ4v) is 4.66. The van der Waals surface area contributed by atoms with Crippen LogP contribution in [0, 0.1) is 0 Å². The molecule has 0 saturated heterocycles. The number of pyridine rings is 1. The minimum Gasteiger partial charge on any atom is -1.00 e. The van der Waals surface area contributed by atoms with Gasteiger partial charge in [0.15, 0.2) is 0 Å². The molecule has 1 radical (unpaired) electrons. The third kappa shape index (κ3) is 11.9. The molecular formula is C31H38Cl4FeN3. The zero-order chi connectivity index (χ0) is 25.0. The first-order valence-electron chi connectivity index (χ1n) is 13.1. The molecule has 39 heavy (non-hydrogen) atoms. The predicted molar refractivity (Wildman–Crippen MR) is 153 cm³/mol. The molecule has 0 bridgehead atoms. The summed E-state index contributed by atoms with van der Waals surface area (Å²) in [4.78, 5) is 14.6. The third-order valence-electron chi connectivity index (χ3n) is 5.97. The molecular weight excluding hydrogens is 612 g/mol. The van der Waals surface area contributed by atoms with Gasteiger partial charge in [0.05, 0.1) is 35.2 Å². The van der Waals surface area contributed by atoms with Crippen LogP contribution in [-0.2, 0) is 42.8 Å². The fourth-order valence-electron chi connectivity index (χ4n) is 4.44. The minimum absolute atomic E-state index is 0. The summed E-state index contributed by atoms with van der Waals surface area (Å²) >= 11 is 6.47. The SMILES string of the molecule is CCCc1cccc(CCC)c1N=Cc1cc(Cl)cc(C=Nc2c(CCC)cccc2CCC)n1.[Cl-].[Cl-].[Cl-].[Fe+3]. The summed E-state index contributed by atoms with van der Waals surface area (Å²) in [6, 6.07) is 16.7. The zero-order valence-electron chi connectivity index (χ0n) is 23.1. The molecule has 0 aliphatic heterocycles. The van der Waals surface area contributed by atoms with Gasteiger partial charge in [0, 0.05) is 5.02 Å². The summed E-state index contributed by atoms with van der Waals surface area (Å²) < 4.78 is 0. The van der Waals surface area contributed by atoms with E-state index in [1.54, 1.807) is 0 Å². The van der Waals surface area contributed by atoms with E-state index in [2.05, 4.69) is 64.1 Å². The van der Waals surface area contributed by atoms with E-state index in [0.717, 1.165) is 74.1 Å². The van der Waals surface area contributed by atoms with E-state index in [1.807, 2.05) is 24.6 Å². The standard InChI is InChI=1S/C31H38ClN3.3ClH.Fe/c1-5-11-23-15-9-16-24(12-6-2)30(23)33-21-28-19-27(32)20-29(35-28)22-34-31-25(13-7-3)17-10-18-26(31)14-8-4;;;;/h9-10,15-22H,5-8,11-14H2,1-4H3;3*1H;/q;;;;+3/p-3. The number of benzene rings is 2. The number of nitrogens with zero attached hydrogens (tertiary/aromatic N) is 3. The van der Waals surface area contributed by atoms with Crippen molar-refractivity contribution in [3.05, 3.63) is 87.2 Å². The van der Waals surface area contributed by atoms with Gasteiger partial charge in [-0.05, 0) is 60.1 Å². The van der Waals surface area contributed by atoms with Crippen molar-refractivity contribution in [2.24, 2.45) is 9.98 Å². The Hall–Kier alpha value is -1.39. The molecule has 0 amide bonds. The maximum absolute atomic E-state index is 6.47. The van der Waals surface area contributed by atoms with Crippen LogP contribution in [0.3, 0.4) is 0 Å². The van der Waals surface area contributed by atoms with Crippen LogP contribution in [0.5, 0.6) is 0 Å². The average molecular weight is 650 g/mol. The average Bonchev–Trinajstić information content (AvgIpc) is 2.84. The van der Waals surface area contributed by atoms with Gasteiger partial charge in [0.2, 0.25) is 0 Å². The number of hydrogen-bond acceptors (Lipinski definition) is 3. The van der Waals surface area contributed by atoms with Crippen LogP contribution in [0.25, 0.3) is 0 Å². The fraction of sp³-hybridized carbons (Fsp3) is 0.387. The smallest absolute Gasteiger partial charge is 1.00 e. The van der Waals surface area contributed by atoms with E-state index in [4.69, 9.17) is 26.6 Å². The van der Waals surface area contributed by atoms with Crippen LogP contribution in [0.2, 0.25) is 5.02 Å². The number of aryl methyl sites for hydroxylation is 4. The number of para-hydroxylation sites is 2. The molecule has 0 aliphatic rings. The normalized spacial score (nSPS) is 10.5. The van der Waals surface area contributed by atoms with E-state index in [-0.39, 0.29) is 54.3 Å². The second-order valence-corrected chi connectivity index (χ2v) is 9.44. The van der Waals surface area contributed by atoms with Gasteiger partial charge in [-0.3, -0.25) is 9.98 Å². The molecule has 3 rings (SSSR count). The number of hydrogen-bond donors (Lipinski definition) is 0. The third-order valence-corrected chi connectivity index (χ3v) is 6.18. The topological polar surface area (TPSA) is 37.6 Å². The Morgan fingerprint density at radius 2 is 0.923 bits per heavy atom. The number of aliphatic imine (C=N–C) groups is 2. The maximum atomic E-state index is 6.47. The zero-order valence-corrected chi connectivity index (χ0v) is 27.3. The van der Waals surface area contributed by atoms with Gasteiger partial charge in [-0.15, -0.1) is 0 Å². The summed E-state index contributed by atoms with van der Waals surface area (Å²) in [5.74, 6) is 0. The second-order valence-electron chi connectivity index (χ2n) is 9.00. The molecule has 0 saturated carbocycles. The second kappa shape index (κ2) is 21.4. The van der Waals surface area contributed by atoms with E-state index in [1.165, 1.54) is 22.3 Å². The van der Waals surface area contributed by atoms with Crippen molar-refractivity contribution in [1.29, 1.82) is 0 Å². The summed E-state index contributed by atoms with van der Waals surface area (Å²) in [5.41, 5.74) is 8.77. The van der Waals surface area contributed by atoms with Crippen molar-refractivity contribution in [2.75, 3.05) is 0 Å². The van der Waals surface area contributed by atoms with Crippen molar-refractivity contribution in [1.82, 2.24) is 4.98 Å². The van der Waals surface area contributed by atoms with Crippen LogP contribution in [0.15, 0.2) is 58.5 Å². The Kier molecular flexibility index (Phi) is 21.8. The number of aromatic nitrogens is 1. The Labute approximate surface area is 269 Å². The monoisotopic (exact) mass is 648 g/mol. The van der Waals surface area contributed by atoms with Crippen LogP contribution < -0.4 is 37.2 Å². The van der Waals surface area contributed by atoms with Crippen molar-refractivity contribution in [3.8, 4) is 0 Å². The van der Waals surface area contributed by atoms with E-state index < -0.39 is 0 Å². The van der Waals surface area contributed by atoms with Crippen LogP contribution in [-0.4, -0.2) is 17.4 Å². The van der Waals surface area contributed by atoms with Gasteiger partial charge < -0.3 is 37.2 Å². The molecule has 3 nitrogen and oxygen atoms in total. The summed E-state index contributed by atoms with van der Waals surface area (Å²) in [5, 5.41) is 0.633. The van der Waals surface area contributed by atoms with Crippen LogP contribution >= 0.6 is 11.6 Å². The Bertz CT molecular complexity index is 1050. The summed E-state index contributed by atoms with van der Waals surface area (Å²) in [7, 11) is 0. The van der Waals surface area contributed by atoms with E-state index in [0.29, 0.717) is 5.02 Å². The first-order valence-corrected chi connectivity index (χ1v) is 13.4. The summed E-state index contributed by atoms with van der Waals surface area (Å²) in [6.45, 7) is 8.81. The van der Waals surface area contributed by atoms with Gasteiger partial charge in [-0.1, -0.05) is 101 Å².